The zero-order valence-electron chi connectivity index (χ0n) is 32.2. The Balaban J connectivity index is 1.79. The number of likely N-dealkylation sites (tertiary alicyclic amines) is 4. The molecule has 4 saturated heterocycles. The monoisotopic (exact) mass is 653 g/mol. The molecule has 0 amide bonds. The third-order valence-corrected chi connectivity index (χ3v) is 17.2. The van der Waals surface area contributed by atoms with Crippen molar-refractivity contribution < 1.29 is 17.7 Å². The summed E-state index contributed by atoms with van der Waals surface area (Å²) in [6.07, 6.45) is 3.80. The van der Waals surface area contributed by atoms with E-state index in [0.29, 0.717) is 23.7 Å². The normalized spacial score (nSPS) is 41.1. The van der Waals surface area contributed by atoms with E-state index in [9.17, 15) is 0 Å². The van der Waals surface area contributed by atoms with E-state index in [1.165, 1.54) is 0 Å². The van der Waals surface area contributed by atoms with Crippen LogP contribution in [0.15, 0.2) is 0 Å². The first-order chi connectivity index (χ1) is 20.6. The van der Waals surface area contributed by atoms with Gasteiger partial charge in [0.2, 0.25) is 0 Å². The molecule has 8 nitrogen and oxygen atoms in total. The van der Waals surface area contributed by atoms with Crippen molar-refractivity contribution in [1.29, 1.82) is 0 Å². The van der Waals surface area contributed by atoms with Gasteiger partial charge in [-0.2, -0.15) is 0 Å². The van der Waals surface area contributed by atoms with Crippen LogP contribution in [0.5, 0.6) is 0 Å². The van der Waals surface area contributed by atoms with Gasteiger partial charge in [0.05, 0.1) is 24.4 Å². The van der Waals surface area contributed by atoms with Crippen LogP contribution in [0.1, 0.15) is 109 Å². The van der Waals surface area contributed by atoms with Crippen molar-refractivity contribution in [3.63, 3.8) is 0 Å². The van der Waals surface area contributed by atoms with Gasteiger partial charge in [-0.05, 0) is 133 Å². The Bertz CT molecular complexity index is 850. The predicted molar refractivity (Wildman–Crippen MR) is 187 cm³/mol. The molecule has 0 saturated carbocycles. The summed E-state index contributed by atoms with van der Waals surface area (Å²) in [6.45, 7) is 32.2. The molecule has 4 fully saturated rings. The fraction of sp³-hybridized carbons (Fsp3) is 1.00. The van der Waals surface area contributed by atoms with E-state index in [4.69, 9.17) is 17.7 Å². The maximum absolute atomic E-state index is 7.52. The molecular weight excluding hydrogens is 581 g/mol. The minimum atomic E-state index is -3.72. The standard InChI is InChI=1S/C36H72N4O4Si/c1-25-29(17-21-37(13)33(25,5)6)41-45(42-30-18-22-38(14)34(7,8)26(30)2,43-31-19-23-39(15)35(9,10)27(31)3)44-32-20-24-40(16)36(11,12)28(32)4/h25-32H,17-24H2,1-16H3. The van der Waals surface area contributed by atoms with Crippen molar-refractivity contribution in [1.82, 2.24) is 19.6 Å². The van der Waals surface area contributed by atoms with Gasteiger partial charge in [-0.3, -0.25) is 0 Å². The summed E-state index contributed by atoms with van der Waals surface area (Å²) in [5.41, 5.74) is -0.00970. The maximum atomic E-state index is 7.52. The lowest BCUT2D eigenvalue weighted by Gasteiger charge is -2.55. The van der Waals surface area contributed by atoms with Gasteiger partial charge >= 0.3 is 9.05 Å². The van der Waals surface area contributed by atoms with Crippen molar-refractivity contribution in [2.45, 2.75) is 155 Å². The number of hydrogen-bond acceptors (Lipinski definition) is 8. The molecule has 264 valence electrons. The second kappa shape index (κ2) is 13.3. The number of nitrogens with zero attached hydrogens (tertiary/aromatic N) is 4. The van der Waals surface area contributed by atoms with Crippen LogP contribution in [0.25, 0.3) is 0 Å². The van der Waals surface area contributed by atoms with Gasteiger partial charge < -0.3 is 37.3 Å². The molecule has 4 rings (SSSR count). The lowest BCUT2D eigenvalue weighted by atomic mass is 9.79. The minimum absolute atomic E-state index is 0.00149. The van der Waals surface area contributed by atoms with E-state index >= 15 is 0 Å². The molecule has 8 unspecified atom stereocenters. The first-order valence-electron chi connectivity index (χ1n) is 18.1. The van der Waals surface area contributed by atoms with Gasteiger partial charge in [0.15, 0.2) is 0 Å². The average Bonchev–Trinajstić information content (AvgIpc) is 2.96. The highest BCUT2D eigenvalue weighted by molar-refractivity contribution is 6.53. The van der Waals surface area contributed by atoms with E-state index in [1.54, 1.807) is 0 Å². The van der Waals surface area contributed by atoms with Crippen LogP contribution >= 0.6 is 0 Å². The number of piperidine rings is 4. The second-order valence-corrected chi connectivity index (χ2v) is 19.7. The fourth-order valence-corrected chi connectivity index (χ4v) is 11.3. The summed E-state index contributed by atoms with van der Waals surface area (Å²) in [5, 5.41) is 0. The van der Waals surface area contributed by atoms with Gasteiger partial charge in [-0.1, -0.05) is 27.7 Å². The Kier molecular flexibility index (Phi) is 11.2. The van der Waals surface area contributed by atoms with E-state index in [2.05, 4.69) is 131 Å². The Morgan fingerprint density at radius 3 is 0.756 bits per heavy atom. The molecule has 8 atom stereocenters. The second-order valence-electron chi connectivity index (χ2n) is 17.7. The third-order valence-electron chi connectivity index (χ3n) is 14.8. The van der Waals surface area contributed by atoms with E-state index < -0.39 is 9.05 Å². The summed E-state index contributed by atoms with van der Waals surface area (Å²) in [5.74, 6) is 1.18. The zero-order chi connectivity index (χ0) is 33.9. The summed E-state index contributed by atoms with van der Waals surface area (Å²) in [4.78, 5) is 9.92. The maximum Gasteiger partial charge on any atom is 0.680 e. The topological polar surface area (TPSA) is 49.9 Å². The molecular formula is C36H72N4O4Si. The molecule has 0 radical (unpaired) electrons. The van der Waals surface area contributed by atoms with Gasteiger partial charge in [0.1, 0.15) is 0 Å². The smallest absolute Gasteiger partial charge is 0.348 e. The van der Waals surface area contributed by atoms with Gasteiger partial charge in [-0.25, -0.2) is 0 Å². The Hall–Kier alpha value is -0.103. The summed E-state index contributed by atoms with van der Waals surface area (Å²) in [7, 11) is 5.25. The molecule has 0 spiro atoms. The van der Waals surface area contributed by atoms with Crippen LogP contribution in [0, 0.1) is 23.7 Å². The lowest BCUT2D eigenvalue weighted by molar-refractivity contribution is -0.178. The Labute approximate surface area is 279 Å². The van der Waals surface area contributed by atoms with Crippen LogP contribution in [0.2, 0.25) is 0 Å². The average molecular weight is 653 g/mol. The zero-order valence-corrected chi connectivity index (χ0v) is 33.2. The van der Waals surface area contributed by atoms with Gasteiger partial charge in [-0.15, -0.1) is 0 Å². The van der Waals surface area contributed by atoms with Crippen LogP contribution in [0.3, 0.4) is 0 Å². The van der Waals surface area contributed by atoms with Crippen LogP contribution in [-0.2, 0) is 17.7 Å². The van der Waals surface area contributed by atoms with Crippen LogP contribution < -0.4 is 0 Å². The van der Waals surface area contributed by atoms with Crippen molar-refractivity contribution in [2.24, 2.45) is 23.7 Å². The largest absolute Gasteiger partial charge is 0.680 e. The van der Waals surface area contributed by atoms with E-state index in [-0.39, 0.29) is 46.6 Å². The highest BCUT2D eigenvalue weighted by atomic mass is 28.4. The number of hydrogen-bond donors (Lipinski definition) is 0. The molecule has 0 N–H and O–H groups in total. The molecule has 0 aliphatic carbocycles. The summed E-state index contributed by atoms with van der Waals surface area (Å²) < 4.78 is 30.1. The highest BCUT2D eigenvalue weighted by Crippen LogP contribution is 2.44. The molecule has 45 heavy (non-hydrogen) atoms. The van der Waals surface area contributed by atoms with Crippen molar-refractivity contribution in [3.8, 4) is 0 Å². The number of rotatable bonds is 8. The van der Waals surface area contributed by atoms with Crippen molar-refractivity contribution in [3.05, 3.63) is 0 Å². The first-order valence-corrected chi connectivity index (χ1v) is 19.8. The highest BCUT2D eigenvalue weighted by Gasteiger charge is 2.60. The molecule has 0 aromatic heterocycles. The molecule has 4 aliphatic rings. The molecule has 4 heterocycles. The third kappa shape index (κ3) is 7.14. The van der Waals surface area contributed by atoms with Crippen LogP contribution in [0.4, 0.5) is 0 Å². The SMILES string of the molecule is CC1C(O[Si](OC2CCN(C)C(C)(C)C2C)(OC2CCN(C)C(C)(C)C2C)OC2CCN(C)C(C)(C)C2C)CCN(C)C1(C)C. The molecule has 4 aliphatic heterocycles. The molecule has 0 bridgehead atoms. The van der Waals surface area contributed by atoms with Gasteiger partial charge in [0.25, 0.3) is 0 Å². The van der Waals surface area contributed by atoms with Crippen LogP contribution in [-0.4, -0.2) is 130 Å². The molecule has 9 heteroatoms. The van der Waals surface area contributed by atoms with Crippen molar-refractivity contribution in [2.75, 3.05) is 54.4 Å². The summed E-state index contributed by atoms with van der Waals surface area (Å²) in [6, 6.07) is 0. The van der Waals surface area contributed by atoms with Crippen molar-refractivity contribution >= 4 is 9.05 Å². The first kappa shape index (κ1) is 37.7. The van der Waals surface area contributed by atoms with Gasteiger partial charge in [0, 0.05) is 48.3 Å². The lowest BCUT2D eigenvalue weighted by Crippen LogP contribution is -2.67. The molecule has 0 aromatic rings. The predicted octanol–water partition coefficient (Wildman–Crippen LogP) is 5.96. The minimum Gasteiger partial charge on any atom is -0.348 e. The molecule has 0 aromatic carbocycles. The summed E-state index contributed by atoms with van der Waals surface area (Å²) >= 11 is 0. The van der Waals surface area contributed by atoms with E-state index in [1.807, 2.05) is 0 Å². The fourth-order valence-electron chi connectivity index (χ4n) is 8.20. The quantitative estimate of drug-likeness (QED) is 0.298. The Morgan fingerprint density at radius 1 is 0.400 bits per heavy atom. The van der Waals surface area contributed by atoms with E-state index in [0.717, 1.165) is 51.9 Å². The Morgan fingerprint density at radius 2 is 0.578 bits per heavy atom.